The fraction of sp³-hybridized carbons (Fsp3) is 0.143. The minimum Gasteiger partial charge on any atom is -0.277 e. The van der Waals surface area contributed by atoms with Crippen molar-refractivity contribution in [3.05, 3.63) is 84.4 Å². The van der Waals surface area contributed by atoms with Crippen LogP contribution in [0, 0.1) is 23.7 Å². The van der Waals surface area contributed by atoms with E-state index in [1.54, 1.807) is 0 Å². The second kappa shape index (κ2) is 9.24. The molecule has 2 aromatic carbocycles. The van der Waals surface area contributed by atoms with Crippen molar-refractivity contribution in [2.45, 2.75) is 0 Å². The molecule has 0 fully saturated rings. The lowest BCUT2D eigenvalue weighted by molar-refractivity contribution is 0.384. The fourth-order valence-electron chi connectivity index (χ4n) is 1.92. The molecule has 22 heavy (non-hydrogen) atoms. The van der Waals surface area contributed by atoms with Gasteiger partial charge in [0, 0.05) is 17.7 Å². The molecule has 0 spiro atoms. The van der Waals surface area contributed by atoms with Crippen LogP contribution in [0.3, 0.4) is 0 Å². The van der Waals surface area contributed by atoms with Crippen LogP contribution in [-0.2, 0) is 0 Å². The average molecular weight is 285 g/mol. The largest absolute Gasteiger partial charge is 0.277 e. The maximum Gasteiger partial charge on any atom is 0.0616 e. The quantitative estimate of drug-likeness (QED) is 0.613. The molecule has 0 saturated heterocycles. The average Bonchev–Trinajstić information content (AvgIpc) is 2.57. The zero-order chi connectivity index (χ0) is 15.5. The van der Waals surface area contributed by atoms with Crippen LogP contribution < -0.4 is 0 Å². The number of hydrogen-bond donors (Lipinski definition) is 0. The molecule has 0 atom stereocenters. The number of nitrogens with zero attached hydrogens (tertiary/aromatic N) is 1. The van der Waals surface area contributed by atoms with Gasteiger partial charge < -0.3 is 0 Å². The Hall–Kier alpha value is -2.74. The highest BCUT2D eigenvalue weighted by atomic mass is 15.1. The molecule has 0 unspecified atom stereocenters. The van der Waals surface area contributed by atoms with Crippen molar-refractivity contribution in [2.24, 2.45) is 0 Å². The Balaban J connectivity index is 1.92. The van der Waals surface area contributed by atoms with E-state index in [0.29, 0.717) is 13.1 Å². The highest BCUT2D eigenvalue weighted by molar-refractivity contribution is 5.35. The zero-order valence-electron chi connectivity index (χ0n) is 12.6. The Labute approximate surface area is 133 Å². The lowest BCUT2D eigenvalue weighted by Crippen LogP contribution is -2.24. The van der Waals surface area contributed by atoms with Gasteiger partial charge in [0.1, 0.15) is 0 Å². The molecular formula is C21H19N. The van der Waals surface area contributed by atoms with Crippen molar-refractivity contribution in [3.63, 3.8) is 0 Å². The molecule has 2 aromatic rings. The summed E-state index contributed by atoms with van der Waals surface area (Å²) in [5.74, 6) is 12.7. The summed E-state index contributed by atoms with van der Waals surface area (Å²) in [5.41, 5.74) is 2.08. The molecular weight excluding hydrogens is 266 g/mol. The molecule has 108 valence electrons. The van der Waals surface area contributed by atoms with Crippen LogP contribution in [-0.4, -0.2) is 24.5 Å². The third-order valence-electron chi connectivity index (χ3n) is 3.01. The summed E-state index contributed by atoms with van der Waals surface area (Å²) in [6.07, 6.45) is 1.88. The van der Waals surface area contributed by atoms with E-state index in [1.165, 1.54) is 0 Å². The molecule has 0 aliphatic rings. The predicted molar refractivity (Wildman–Crippen MR) is 93.3 cm³/mol. The Morgan fingerprint density at radius 3 is 1.64 bits per heavy atom. The van der Waals surface area contributed by atoms with Crippen LogP contribution >= 0.6 is 0 Å². The van der Waals surface area contributed by atoms with Crippen molar-refractivity contribution in [3.8, 4) is 23.7 Å². The van der Waals surface area contributed by atoms with Gasteiger partial charge in [0.25, 0.3) is 0 Å². The number of benzene rings is 2. The topological polar surface area (TPSA) is 3.24 Å². The number of hydrogen-bond acceptors (Lipinski definition) is 1. The van der Waals surface area contributed by atoms with Crippen molar-refractivity contribution in [2.75, 3.05) is 19.6 Å². The van der Waals surface area contributed by atoms with Gasteiger partial charge in [0.05, 0.1) is 13.1 Å². The van der Waals surface area contributed by atoms with E-state index in [2.05, 4.69) is 35.2 Å². The van der Waals surface area contributed by atoms with Crippen molar-refractivity contribution < 1.29 is 0 Å². The highest BCUT2D eigenvalue weighted by Crippen LogP contribution is 1.96. The molecule has 0 radical (unpaired) electrons. The molecule has 2 rings (SSSR count). The van der Waals surface area contributed by atoms with Crippen molar-refractivity contribution >= 4 is 0 Å². The summed E-state index contributed by atoms with van der Waals surface area (Å²) >= 11 is 0. The van der Waals surface area contributed by atoms with Gasteiger partial charge in [-0.15, -0.1) is 6.58 Å². The minimum absolute atomic E-state index is 0.685. The summed E-state index contributed by atoms with van der Waals surface area (Å²) in [5, 5.41) is 0. The van der Waals surface area contributed by atoms with Gasteiger partial charge in [-0.25, -0.2) is 0 Å². The Kier molecular flexibility index (Phi) is 6.57. The third kappa shape index (κ3) is 5.71. The lowest BCUT2D eigenvalue weighted by atomic mass is 10.2. The molecule has 0 amide bonds. The summed E-state index contributed by atoms with van der Waals surface area (Å²) in [7, 11) is 0. The van der Waals surface area contributed by atoms with E-state index in [-0.39, 0.29) is 0 Å². The van der Waals surface area contributed by atoms with Gasteiger partial charge in [-0.05, 0) is 24.3 Å². The molecule has 1 heteroatoms. The highest BCUT2D eigenvalue weighted by Gasteiger charge is 1.97. The van der Waals surface area contributed by atoms with Crippen molar-refractivity contribution in [1.29, 1.82) is 0 Å². The first-order valence-corrected chi connectivity index (χ1v) is 7.29. The van der Waals surface area contributed by atoms with Gasteiger partial charge in [0.15, 0.2) is 0 Å². The van der Waals surface area contributed by atoms with E-state index >= 15 is 0 Å². The molecule has 0 aliphatic heterocycles. The van der Waals surface area contributed by atoms with E-state index in [9.17, 15) is 0 Å². The van der Waals surface area contributed by atoms with E-state index in [0.717, 1.165) is 17.7 Å². The van der Waals surface area contributed by atoms with E-state index < -0.39 is 0 Å². The van der Waals surface area contributed by atoms with Gasteiger partial charge in [0.2, 0.25) is 0 Å². The third-order valence-corrected chi connectivity index (χ3v) is 3.01. The summed E-state index contributed by atoms with van der Waals surface area (Å²) in [6, 6.07) is 20.0. The van der Waals surface area contributed by atoms with Crippen LogP contribution in [0.1, 0.15) is 11.1 Å². The first-order valence-electron chi connectivity index (χ1n) is 7.29. The maximum absolute atomic E-state index is 3.79. The summed E-state index contributed by atoms with van der Waals surface area (Å²) < 4.78 is 0. The Bertz CT molecular complexity index is 634. The first kappa shape index (κ1) is 15.6. The van der Waals surface area contributed by atoms with Gasteiger partial charge in [-0.1, -0.05) is 66.2 Å². The van der Waals surface area contributed by atoms with Crippen LogP contribution in [0.2, 0.25) is 0 Å². The Morgan fingerprint density at radius 2 is 1.23 bits per heavy atom. The standard InChI is InChI=1S/C21H19N/c1-2-17-22(18-9-15-20-11-5-3-6-12-20)19-10-16-21-13-7-4-8-14-21/h2-8,11-14H,1,17-19H2. The van der Waals surface area contributed by atoms with Crippen LogP contribution in [0.5, 0.6) is 0 Å². The molecule has 0 aliphatic carbocycles. The second-order valence-electron chi connectivity index (χ2n) is 4.79. The lowest BCUT2D eigenvalue weighted by Gasteiger charge is -2.13. The van der Waals surface area contributed by atoms with Gasteiger partial charge in [-0.2, -0.15) is 0 Å². The molecule has 1 nitrogen and oxygen atoms in total. The monoisotopic (exact) mass is 285 g/mol. The number of rotatable bonds is 4. The maximum atomic E-state index is 3.79. The van der Waals surface area contributed by atoms with Crippen LogP contribution in [0.4, 0.5) is 0 Å². The minimum atomic E-state index is 0.685. The van der Waals surface area contributed by atoms with E-state index in [4.69, 9.17) is 0 Å². The molecule has 0 heterocycles. The van der Waals surface area contributed by atoms with Crippen LogP contribution in [0.25, 0.3) is 0 Å². The molecule has 0 aromatic heterocycles. The van der Waals surface area contributed by atoms with E-state index in [1.807, 2.05) is 66.7 Å². The molecule has 0 bridgehead atoms. The summed E-state index contributed by atoms with van der Waals surface area (Å²) in [6.45, 7) is 5.95. The Morgan fingerprint density at radius 1 is 0.773 bits per heavy atom. The van der Waals surface area contributed by atoms with Gasteiger partial charge in [-0.3, -0.25) is 4.90 Å². The fourth-order valence-corrected chi connectivity index (χ4v) is 1.92. The van der Waals surface area contributed by atoms with Gasteiger partial charge >= 0.3 is 0 Å². The second-order valence-corrected chi connectivity index (χ2v) is 4.79. The normalized spacial score (nSPS) is 9.32. The molecule has 0 N–H and O–H groups in total. The van der Waals surface area contributed by atoms with Crippen molar-refractivity contribution in [1.82, 2.24) is 4.90 Å². The smallest absolute Gasteiger partial charge is 0.0616 e. The predicted octanol–water partition coefficient (Wildman–Crippen LogP) is 3.58. The SMILES string of the molecule is C=CCN(CC#Cc1ccccc1)CC#Cc1ccccc1. The van der Waals surface area contributed by atoms with Crippen LogP contribution in [0.15, 0.2) is 73.3 Å². The molecule has 0 saturated carbocycles. The summed E-state index contributed by atoms with van der Waals surface area (Å²) in [4.78, 5) is 2.17. The first-order chi connectivity index (χ1) is 10.9. The zero-order valence-corrected chi connectivity index (χ0v) is 12.6.